The van der Waals surface area contributed by atoms with Crippen molar-refractivity contribution >= 4 is 5.91 Å². The predicted molar refractivity (Wildman–Crippen MR) is 58.7 cm³/mol. The van der Waals surface area contributed by atoms with E-state index >= 15 is 0 Å². The zero-order valence-corrected chi connectivity index (χ0v) is 9.26. The highest BCUT2D eigenvalue weighted by Crippen LogP contribution is 2.08. The maximum absolute atomic E-state index is 12.6. The molecule has 88 valence electrons. The molecule has 5 heteroatoms. The first kappa shape index (κ1) is 11.3. The van der Waals surface area contributed by atoms with Gasteiger partial charge in [0.25, 0.3) is 5.91 Å². The van der Waals surface area contributed by atoms with Crippen molar-refractivity contribution < 1.29 is 13.6 Å². The average molecular weight is 234 g/mol. The lowest BCUT2D eigenvalue weighted by Gasteiger charge is -2.15. The van der Waals surface area contributed by atoms with Crippen molar-refractivity contribution in [1.29, 1.82) is 0 Å². The van der Waals surface area contributed by atoms with Crippen LogP contribution in [0.25, 0.3) is 0 Å². The number of aromatic nitrogens is 1. The van der Waals surface area contributed by atoms with Gasteiger partial charge >= 0.3 is 0 Å². The van der Waals surface area contributed by atoms with E-state index in [1.54, 1.807) is 25.6 Å². The normalized spacial score (nSPS) is 10.2. The number of hydrogen-bond donors (Lipinski definition) is 0. The van der Waals surface area contributed by atoms with Crippen LogP contribution in [0.2, 0.25) is 0 Å². The van der Waals surface area contributed by atoms with Gasteiger partial charge in [-0.15, -0.1) is 0 Å². The third-order valence-electron chi connectivity index (χ3n) is 2.32. The van der Waals surface area contributed by atoms with Gasteiger partial charge in [-0.05, 0) is 18.2 Å². The van der Waals surface area contributed by atoms with Crippen LogP contribution in [0.15, 0.2) is 41.3 Å². The van der Waals surface area contributed by atoms with Crippen molar-refractivity contribution in [3.63, 3.8) is 0 Å². The first-order valence-electron chi connectivity index (χ1n) is 5.05. The fourth-order valence-electron chi connectivity index (χ4n) is 1.45. The number of amides is 1. The molecule has 0 spiro atoms. The van der Waals surface area contributed by atoms with Crippen molar-refractivity contribution in [2.24, 2.45) is 0 Å². The van der Waals surface area contributed by atoms with Crippen molar-refractivity contribution in [3.8, 4) is 0 Å². The monoisotopic (exact) mass is 234 g/mol. The van der Waals surface area contributed by atoms with E-state index in [1.165, 1.54) is 23.2 Å². The summed E-state index contributed by atoms with van der Waals surface area (Å²) in [4.78, 5) is 16.9. The second-order valence-corrected chi connectivity index (χ2v) is 3.66. The summed E-state index contributed by atoms with van der Waals surface area (Å²) in [5, 5.41) is 0. The highest BCUT2D eigenvalue weighted by Gasteiger charge is 2.12. The molecule has 0 saturated heterocycles. The molecule has 0 bridgehead atoms. The minimum absolute atomic E-state index is 0.210. The standard InChI is InChI=1S/C12H11FN2O2/c1-15(7-9-4-5-17-8-9)12(16)10-2-3-11(13)14-6-10/h2-6,8H,7H2,1H3. The van der Waals surface area contributed by atoms with Crippen LogP contribution in [0.3, 0.4) is 0 Å². The Morgan fingerprint density at radius 3 is 2.88 bits per heavy atom. The molecule has 17 heavy (non-hydrogen) atoms. The summed E-state index contributed by atoms with van der Waals surface area (Å²) in [5.41, 5.74) is 1.26. The third kappa shape index (κ3) is 2.69. The average Bonchev–Trinajstić information content (AvgIpc) is 2.82. The fraction of sp³-hybridized carbons (Fsp3) is 0.167. The Hall–Kier alpha value is -2.17. The number of carbonyl (C=O) groups is 1. The second kappa shape index (κ2) is 4.78. The fourth-order valence-corrected chi connectivity index (χ4v) is 1.45. The number of pyridine rings is 1. The van der Waals surface area contributed by atoms with Crippen LogP contribution < -0.4 is 0 Å². The molecule has 0 atom stereocenters. The predicted octanol–water partition coefficient (Wildman–Crippen LogP) is 2.09. The minimum atomic E-state index is -0.598. The topological polar surface area (TPSA) is 46.3 Å². The van der Waals surface area contributed by atoms with Crippen LogP contribution in [0, 0.1) is 5.95 Å². The molecule has 0 aliphatic rings. The van der Waals surface area contributed by atoms with E-state index in [0.29, 0.717) is 12.1 Å². The maximum atomic E-state index is 12.6. The van der Waals surface area contributed by atoms with Gasteiger partial charge in [0.2, 0.25) is 5.95 Å². The van der Waals surface area contributed by atoms with Crippen LogP contribution in [-0.2, 0) is 6.54 Å². The molecule has 0 N–H and O–H groups in total. The Balaban J connectivity index is 2.07. The minimum Gasteiger partial charge on any atom is -0.472 e. The lowest BCUT2D eigenvalue weighted by atomic mass is 10.2. The number of nitrogens with zero attached hydrogens (tertiary/aromatic N) is 2. The summed E-state index contributed by atoms with van der Waals surface area (Å²) in [7, 11) is 1.67. The van der Waals surface area contributed by atoms with Crippen LogP contribution in [0.1, 0.15) is 15.9 Å². The van der Waals surface area contributed by atoms with E-state index in [9.17, 15) is 9.18 Å². The van der Waals surface area contributed by atoms with Gasteiger partial charge in [-0.25, -0.2) is 4.98 Å². The quantitative estimate of drug-likeness (QED) is 0.764. The van der Waals surface area contributed by atoms with E-state index in [4.69, 9.17) is 4.42 Å². The van der Waals surface area contributed by atoms with Gasteiger partial charge in [-0.2, -0.15) is 4.39 Å². The summed E-state index contributed by atoms with van der Waals surface area (Å²) in [6.45, 7) is 0.437. The Morgan fingerprint density at radius 1 is 1.47 bits per heavy atom. The molecule has 0 saturated carbocycles. The van der Waals surface area contributed by atoms with Gasteiger partial charge in [0.05, 0.1) is 18.1 Å². The van der Waals surface area contributed by atoms with Crippen molar-refractivity contribution in [2.75, 3.05) is 7.05 Å². The van der Waals surface area contributed by atoms with E-state index in [-0.39, 0.29) is 5.91 Å². The van der Waals surface area contributed by atoms with Gasteiger partial charge in [-0.1, -0.05) is 0 Å². The third-order valence-corrected chi connectivity index (χ3v) is 2.32. The lowest BCUT2D eigenvalue weighted by Crippen LogP contribution is -2.26. The molecule has 0 aliphatic heterocycles. The molecule has 0 aliphatic carbocycles. The molecule has 1 amide bonds. The van der Waals surface area contributed by atoms with Gasteiger partial charge in [0.15, 0.2) is 0 Å². The Bertz CT molecular complexity index is 494. The van der Waals surface area contributed by atoms with Gasteiger partial charge in [0.1, 0.15) is 0 Å². The Kier molecular flexibility index (Phi) is 3.18. The van der Waals surface area contributed by atoms with Crippen LogP contribution in [-0.4, -0.2) is 22.8 Å². The first-order valence-corrected chi connectivity index (χ1v) is 5.05. The van der Waals surface area contributed by atoms with E-state index in [0.717, 1.165) is 5.56 Å². The summed E-state index contributed by atoms with van der Waals surface area (Å²) in [6.07, 6.45) is 4.35. The van der Waals surface area contributed by atoms with Gasteiger partial charge in [-0.3, -0.25) is 4.79 Å². The van der Waals surface area contributed by atoms with Crippen molar-refractivity contribution in [3.05, 3.63) is 54.0 Å². The summed E-state index contributed by atoms with van der Waals surface area (Å²) < 4.78 is 17.5. The second-order valence-electron chi connectivity index (χ2n) is 3.66. The largest absolute Gasteiger partial charge is 0.472 e. The molecule has 0 fully saturated rings. The highest BCUT2D eigenvalue weighted by atomic mass is 19.1. The van der Waals surface area contributed by atoms with E-state index < -0.39 is 5.95 Å². The van der Waals surface area contributed by atoms with Gasteiger partial charge in [0, 0.05) is 25.4 Å². The molecule has 2 rings (SSSR count). The molecule has 4 nitrogen and oxygen atoms in total. The SMILES string of the molecule is CN(Cc1ccoc1)C(=O)c1ccc(F)nc1. The summed E-state index contributed by atoms with van der Waals surface area (Å²) in [6, 6.07) is 4.36. The van der Waals surface area contributed by atoms with E-state index in [1.807, 2.05) is 0 Å². The van der Waals surface area contributed by atoms with Crippen molar-refractivity contribution in [1.82, 2.24) is 9.88 Å². The van der Waals surface area contributed by atoms with Crippen LogP contribution >= 0.6 is 0 Å². The summed E-state index contributed by atoms with van der Waals surface area (Å²) in [5.74, 6) is -0.808. The molecular weight excluding hydrogens is 223 g/mol. The smallest absolute Gasteiger partial charge is 0.255 e. The lowest BCUT2D eigenvalue weighted by molar-refractivity contribution is 0.0784. The van der Waals surface area contributed by atoms with Gasteiger partial charge < -0.3 is 9.32 Å². The first-order chi connectivity index (χ1) is 8.16. The van der Waals surface area contributed by atoms with Crippen molar-refractivity contribution in [2.45, 2.75) is 6.54 Å². The van der Waals surface area contributed by atoms with Crippen LogP contribution in [0.5, 0.6) is 0 Å². The zero-order valence-electron chi connectivity index (χ0n) is 9.26. The highest BCUT2D eigenvalue weighted by molar-refractivity contribution is 5.93. The molecule has 0 aromatic carbocycles. The Labute approximate surface area is 97.7 Å². The maximum Gasteiger partial charge on any atom is 0.255 e. The molecule has 2 aromatic rings. The number of hydrogen-bond acceptors (Lipinski definition) is 3. The molecule has 2 heterocycles. The molecule has 0 radical (unpaired) electrons. The number of halogens is 1. The Morgan fingerprint density at radius 2 is 2.29 bits per heavy atom. The molecule has 2 aromatic heterocycles. The van der Waals surface area contributed by atoms with Crippen LogP contribution in [0.4, 0.5) is 4.39 Å². The molecular formula is C12H11FN2O2. The molecule has 0 unspecified atom stereocenters. The summed E-state index contributed by atoms with van der Waals surface area (Å²) >= 11 is 0. The number of rotatable bonds is 3. The zero-order chi connectivity index (χ0) is 12.3. The number of carbonyl (C=O) groups excluding carboxylic acids is 1. The number of furan rings is 1. The van der Waals surface area contributed by atoms with E-state index in [2.05, 4.69) is 4.98 Å².